The summed E-state index contributed by atoms with van der Waals surface area (Å²) in [6.45, 7) is 4.40. The fraction of sp³-hybridized carbons (Fsp3) is 0.323. The maximum Gasteiger partial charge on any atom is 0.253 e. The van der Waals surface area contributed by atoms with Gasteiger partial charge < -0.3 is 9.47 Å². The Morgan fingerprint density at radius 1 is 1.05 bits per heavy atom. The highest BCUT2D eigenvalue weighted by Crippen LogP contribution is 2.36. The van der Waals surface area contributed by atoms with Crippen LogP contribution >= 0.6 is 0 Å². The predicted molar refractivity (Wildman–Crippen MR) is 152 cm³/mol. The number of nitrogens with zero attached hydrogens (tertiary/aromatic N) is 5. The average Bonchev–Trinajstić information content (AvgIpc) is 3.56. The van der Waals surface area contributed by atoms with Crippen molar-refractivity contribution in [1.82, 2.24) is 29.5 Å². The first kappa shape index (κ1) is 24.4. The van der Waals surface area contributed by atoms with Gasteiger partial charge in [-0.05, 0) is 91.9 Å². The van der Waals surface area contributed by atoms with E-state index in [-0.39, 0.29) is 5.91 Å². The van der Waals surface area contributed by atoms with E-state index in [1.54, 1.807) is 19.0 Å². The molecule has 4 heterocycles. The lowest BCUT2D eigenvalue weighted by Gasteiger charge is -2.36. The minimum atomic E-state index is 0.0508. The minimum Gasteiger partial charge on any atom is -0.345 e. The van der Waals surface area contributed by atoms with Crippen molar-refractivity contribution in [2.45, 2.75) is 31.7 Å². The summed E-state index contributed by atoms with van der Waals surface area (Å²) in [7, 11) is 5.72. The van der Waals surface area contributed by atoms with Gasteiger partial charge in [0.15, 0.2) is 0 Å². The van der Waals surface area contributed by atoms with Crippen molar-refractivity contribution < 1.29 is 4.79 Å². The lowest BCUT2D eigenvalue weighted by atomic mass is 9.88. The molecule has 1 atom stereocenters. The number of aryl methyl sites for hydroxylation is 1. The number of fused-ring (bicyclic) bond motifs is 2. The quantitative estimate of drug-likeness (QED) is 0.329. The van der Waals surface area contributed by atoms with Gasteiger partial charge in [0.05, 0.1) is 11.7 Å². The Balaban J connectivity index is 1.20. The Bertz CT molecular complexity index is 1610. The van der Waals surface area contributed by atoms with E-state index >= 15 is 0 Å². The van der Waals surface area contributed by atoms with Gasteiger partial charge in [0.2, 0.25) is 0 Å². The zero-order valence-electron chi connectivity index (χ0n) is 22.5. The van der Waals surface area contributed by atoms with E-state index in [1.165, 1.54) is 27.8 Å². The van der Waals surface area contributed by atoms with Crippen LogP contribution in [0.4, 0.5) is 0 Å². The molecule has 0 bridgehead atoms. The zero-order chi connectivity index (χ0) is 26.4. The number of likely N-dealkylation sites (tertiary alicyclic amines) is 1. The van der Waals surface area contributed by atoms with Gasteiger partial charge >= 0.3 is 0 Å². The number of carbonyl (C=O) groups is 1. The zero-order valence-corrected chi connectivity index (χ0v) is 22.5. The molecule has 7 heteroatoms. The van der Waals surface area contributed by atoms with Gasteiger partial charge in [0.1, 0.15) is 5.65 Å². The summed E-state index contributed by atoms with van der Waals surface area (Å²) >= 11 is 0. The van der Waals surface area contributed by atoms with E-state index in [0.29, 0.717) is 12.0 Å². The predicted octanol–water partition coefficient (Wildman–Crippen LogP) is 5.76. The second kappa shape index (κ2) is 9.72. The number of hydrogen-bond donors (Lipinski definition) is 1. The number of carbonyl (C=O) groups excluding carboxylic acids is 1. The molecule has 3 aromatic heterocycles. The summed E-state index contributed by atoms with van der Waals surface area (Å²) in [5.74, 6) is 0.579. The molecule has 2 aromatic carbocycles. The SMILES string of the molecule is C[C@H](c1cc2c(-c3ccc4[nH]ncc4c3)ccnc2n1C)N1CCC(c2ccc(C(=O)N(C)C)cc2)CC1. The fourth-order valence-electron chi connectivity index (χ4n) is 5.96. The number of benzene rings is 2. The van der Waals surface area contributed by atoms with E-state index in [0.717, 1.165) is 48.0 Å². The Morgan fingerprint density at radius 3 is 2.55 bits per heavy atom. The molecule has 0 unspecified atom stereocenters. The van der Waals surface area contributed by atoms with Crippen molar-refractivity contribution in [3.63, 3.8) is 0 Å². The van der Waals surface area contributed by atoms with Crippen molar-refractivity contribution in [3.05, 3.63) is 83.8 Å². The first-order valence-corrected chi connectivity index (χ1v) is 13.3. The molecule has 1 N–H and O–H groups in total. The van der Waals surface area contributed by atoms with E-state index in [2.05, 4.69) is 76.1 Å². The van der Waals surface area contributed by atoms with Gasteiger partial charge in [0, 0.05) is 55.4 Å². The summed E-state index contributed by atoms with van der Waals surface area (Å²) in [6, 6.07) is 19.4. The van der Waals surface area contributed by atoms with Crippen LogP contribution in [-0.4, -0.2) is 62.6 Å². The van der Waals surface area contributed by atoms with E-state index < -0.39 is 0 Å². The molecule has 1 aliphatic heterocycles. The molecule has 0 aliphatic carbocycles. The molecule has 0 spiro atoms. The van der Waals surface area contributed by atoms with E-state index in [4.69, 9.17) is 4.98 Å². The summed E-state index contributed by atoms with van der Waals surface area (Å²) in [4.78, 5) is 21.2. The largest absolute Gasteiger partial charge is 0.345 e. The molecule has 194 valence electrons. The van der Waals surface area contributed by atoms with E-state index in [9.17, 15) is 4.79 Å². The minimum absolute atomic E-state index is 0.0508. The monoisotopic (exact) mass is 506 g/mol. The maximum absolute atomic E-state index is 12.2. The summed E-state index contributed by atoms with van der Waals surface area (Å²) in [5, 5.41) is 9.50. The number of amides is 1. The number of H-pyrrole nitrogens is 1. The topological polar surface area (TPSA) is 70.0 Å². The first-order chi connectivity index (χ1) is 18.4. The van der Waals surface area contributed by atoms with Crippen LogP contribution in [0.3, 0.4) is 0 Å². The molecule has 1 fully saturated rings. The first-order valence-electron chi connectivity index (χ1n) is 13.3. The highest BCUT2D eigenvalue weighted by Gasteiger charge is 2.27. The standard InChI is InChI=1S/C31H34N6O/c1-20(37-15-12-22(13-16-37)21-5-7-23(8-6-21)31(38)35(2)3)29-18-27-26(11-14-32-30(27)36(29)4)24-9-10-28-25(17-24)19-33-34-28/h5-11,14,17-20,22H,12-13,15-16H2,1-4H3,(H,33,34)/t20-/m1/s1. The molecular formula is C31H34N6O. The fourth-order valence-corrected chi connectivity index (χ4v) is 5.96. The van der Waals surface area contributed by atoms with Gasteiger partial charge in [-0.15, -0.1) is 0 Å². The molecule has 6 rings (SSSR count). The molecule has 38 heavy (non-hydrogen) atoms. The maximum atomic E-state index is 12.2. The Labute approximate surface area is 223 Å². The van der Waals surface area contributed by atoms with Crippen molar-refractivity contribution in [2.24, 2.45) is 7.05 Å². The van der Waals surface area contributed by atoms with Crippen LogP contribution in [0.5, 0.6) is 0 Å². The van der Waals surface area contributed by atoms with Gasteiger partial charge in [-0.25, -0.2) is 4.98 Å². The van der Waals surface area contributed by atoms with Gasteiger partial charge in [-0.2, -0.15) is 5.10 Å². The average molecular weight is 507 g/mol. The highest BCUT2D eigenvalue weighted by atomic mass is 16.2. The third kappa shape index (κ3) is 4.27. The van der Waals surface area contributed by atoms with Gasteiger partial charge in [-0.1, -0.05) is 18.2 Å². The van der Waals surface area contributed by atoms with Crippen LogP contribution in [0.25, 0.3) is 33.1 Å². The van der Waals surface area contributed by atoms with Crippen LogP contribution in [-0.2, 0) is 7.05 Å². The van der Waals surface area contributed by atoms with Gasteiger partial charge in [0.25, 0.3) is 5.91 Å². The molecule has 1 saturated heterocycles. The molecular weight excluding hydrogens is 472 g/mol. The molecule has 0 radical (unpaired) electrons. The summed E-state index contributed by atoms with van der Waals surface area (Å²) in [6.07, 6.45) is 6.01. The second-order valence-electron chi connectivity index (χ2n) is 10.7. The smallest absolute Gasteiger partial charge is 0.253 e. The number of aromatic amines is 1. The van der Waals surface area contributed by atoms with Crippen molar-refractivity contribution in [2.75, 3.05) is 27.2 Å². The molecule has 5 aromatic rings. The van der Waals surface area contributed by atoms with E-state index in [1.807, 2.05) is 24.5 Å². The normalized spacial score (nSPS) is 15.8. The third-order valence-corrected chi connectivity index (χ3v) is 8.26. The van der Waals surface area contributed by atoms with Crippen molar-refractivity contribution in [1.29, 1.82) is 0 Å². The molecule has 1 amide bonds. The van der Waals surface area contributed by atoms with Crippen LogP contribution in [0, 0.1) is 0 Å². The number of hydrogen-bond acceptors (Lipinski definition) is 4. The number of nitrogens with one attached hydrogen (secondary N) is 1. The summed E-state index contributed by atoms with van der Waals surface area (Å²) in [5.41, 5.74) is 7.80. The van der Waals surface area contributed by atoms with Crippen LogP contribution < -0.4 is 0 Å². The lowest BCUT2D eigenvalue weighted by Crippen LogP contribution is -2.35. The van der Waals surface area contributed by atoms with Gasteiger partial charge in [-0.3, -0.25) is 14.8 Å². The Morgan fingerprint density at radius 2 is 1.82 bits per heavy atom. The van der Waals surface area contributed by atoms with Crippen LogP contribution in [0.15, 0.2) is 67.0 Å². The van der Waals surface area contributed by atoms with Crippen molar-refractivity contribution in [3.8, 4) is 11.1 Å². The van der Waals surface area contributed by atoms with Crippen LogP contribution in [0.1, 0.15) is 53.3 Å². The molecule has 1 aliphatic rings. The Hall–Kier alpha value is -3.97. The molecule has 0 saturated carbocycles. The number of aromatic nitrogens is 4. The molecule has 7 nitrogen and oxygen atoms in total. The highest BCUT2D eigenvalue weighted by molar-refractivity contribution is 5.96. The number of rotatable bonds is 5. The Kier molecular flexibility index (Phi) is 6.24. The van der Waals surface area contributed by atoms with Crippen molar-refractivity contribution >= 4 is 27.8 Å². The second-order valence-corrected chi connectivity index (χ2v) is 10.7. The van der Waals surface area contributed by atoms with Crippen LogP contribution in [0.2, 0.25) is 0 Å². The summed E-state index contributed by atoms with van der Waals surface area (Å²) < 4.78 is 2.26. The lowest BCUT2D eigenvalue weighted by molar-refractivity contribution is 0.0827. The third-order valence-electron chi connectivity index (χ3n) is 8.26. The number of piperidine rings is 1. The number of pyridine rings is 1.